The molecule has 0 aliphatic heterocycles. The lowest BCUT2D eigenvalue weighted by Crippen LogP contribution is -2.39. The molecular formula is C21H36IN3O3. The van der Waals surface area contributed by atoms with Gasteiger partial charge in [-0.3, -0.25) is 4.99 Å². The van der Waals surface area contributed by atoms with Gasteiger partial charge in [-0.05, 0) is 63.1 Å². The molecule has 0 saturated heterocycles. The molecule has 0 aromatic heterocycles. The topological polar surface area (TPSA) is 75.1 Å². The molecule has 7 heteroatoms. The third-order valence-electron chi connectivity index (χ3n) is 4.81. The van der Waals surface area contributed by atoms with Gasteiger partial charge in [0, 0.05) is 33.4 Å². The second-order valence-corrected chi connectivity index (χ2v) is 7.57. The highest BCUT2D eigenvalue weighted by molar-refractivity contribution is 14.0. The number of hydrogen-bond donors (Lipinski definition) is 3. The van der Waals surface area contributed by atoms with Gasteiger partial charge in [-0.15, -0.1) is 24.0 Å². The van der Waals surface area contributed by atoms with Crippen molar-refractivity contribution >= 4 is 29.9 Å². The molecule has 1 aromatic carbocycles. The fourth-order valence-electron chi connectivity index (χ4n) is 2.92. The van der Waals surface area contributed by atoms with Gasteiger partial charge in [-0.2, -0.15) is 0 Å². The fraction of sp³-hybridized carbons (Fsp3) is 0.667. The molecule has 0 amide bonds. The zero-order valence-corrected chi connectivity index (χ0v) is 19.9. The Bertz CT molecular complexity index is 589. The van der Waals surface area contributed by atoms with Crippen LogP contribution in [0, 0.1) is 5.41 Å². The van der Waals surface area contributed by atoms with E-state index in [0.717, 1.165) is 43.4 Å². The van der Waals surface area contributed by atoms with Gasteiger partial charge in [0.2, 0.25) is 0 Å². The van der Waals surface area contributed by atoms with Crippen molar-refractivity contribution in [1.82, 2.24) is 10.6 Å². The van der Waals surface area contributed by atoms with Gasteiger partial charge in [0.15, 0.2) is 5.96 Å². The first-order chi connectivity index (χ1) is 13.0. The lowest BCUT2D eigenvalue weighted by atomic mass is 10.0. The van der Waals surface area contributed by atoms with Crippen molar-refractivity contribution < 1.29 is 14.6 Å². The Kier molecular flexibility index (Phi) is 11.1. The second kappa shape index (κ2) is 12.5. The summed E-state index contributed by atoms with van der Waals surface area (Å²) < 4.78 is 10.8. The maximum absolute atomic E-state index is 10.5. The third kappa shape index (κ3) is 8.53. The molecule has 2 rings (SSSR count). The maximum Gasteiger partial charge on any atom is 0.191 e. The number of aliphatic hydroxyl groups is 1. The molecule has 1 saturated carbocycles. The standard InChI is InChI=1S/C21H35N3O3.HI/c1-5-22-20(24-15-21(10-11-21)12-13-26-4)23-14-19(25)17-6-8-18(9-7-17)27-16(2)3;/h6-9,16,19,25H,5,10-15H2,1-4H3,(H2,22,23,24);1H. The van der Waals surface area contributed by atoms with E-state index in [2.05, 4.69) is 10.6 Å². The summed E-state index contributed by atoms with van der Waals surface area (Å²) in [6, 6.07) is 7.59. The summed E-state index contributed by atoms with van der Waals surface area (Å²) in [5, 5.41) is 17.0. The predicted molar refractivity (Wildman–Crippen MR) is 125 cm³/mol. The number of benzene rings is 1. The van der Waals surface area contributed by atoms with Crippen molar-refractivity contribution in [2.24, 2.45) is 10.4 Å². The Hall–Kier alpha value is -1.06. The van der Waals surface area contributed by atoms with E-state index in [-0.39, 0.29) is 30.1 Å². The van der Waals surface area contributed by atoms with Crippen LogP contribution in [0.3, 0.4) is 0 Å². The molecule has 28 heavy (non-hydrogen) atoms. The molecule has 1 aromatic rings. The maximum atomic E-state index is 10.5. The van der Waals surface area contributed by atoms with E-state index in [1.54, 1.807) is 7.11 Å². The van der Waals surface area contributed by atoms with E-state index >= 15 is 0 Å². The van der Waals surface area contributed by atoms with Crippen LogP contribution in [-0.4, -0.2) is 50.5 Å². The molecule has 0 radical (unpaired) electrons. The molecule has 3 N–H and O–H groups in total. The number of methoxy groups -OCH3 is 1. The monoisotopic (exact) mass is 505 g/mol. The van der Waals surface area contributed by atoms with E-state index in [1.807, 2.05) is 45.0 Å². The smallest absolute Gasteiger partial charge is 0.191 e. The number of aliphatic hydroxyl groups excluding tert-OH is 1. The SMILES string of the molecule is CCNC(=NCC1(CCOC)CC1)NCC(O)c1ccc(OC(C)C)cc1.I. The zero-order chi connectivity index (χ0) is 19.7. The minimum absolute atomic E-state index is 0. The first-order valence-electron chi connectivity index (χ1n) is 9.94. The number of halogens is 1. The number of guanidine groups is 1. The molecule has 1 unspecified atom stereocenters. The van der Waals surface area contributed by atoms with Gasteiger partial charge in [0.1, 0.15) is 5.75 Å². The lowest BCUT2D eigenvalue weighted by molar-refractivity contribution is 0.173. The van der Waals surface area contributed by atoms with Crippen LogP contribution in [-0.2, 0) is 4.74 Å². The molecule has 6 nitrogen and oxygen atoms in total. The Labute approximate surface area is 186 Å². The lowest BCUT2D eigenvalue weighted by Gasteiger charge is -2.18. The van der Waals surface area contributed by atoms with Gasteiger partial charge in [0.25, 0.3) is 0 Å². The minimum Gasteiger partial charge on any atom is -0.491 e. The molecule has 1 aliphatic carbocycles. The van der Waals surface area contributed by atoms with E-state index < -0.39 is 6.10 Å². The quantitative estimate of drug-likeness (QED) is 0.244. The highest BCUT2D eigenvalue weighted by atomic mass is 127. The summed E-state index contributed by atoms with van der Waals surface area (Å²) in [5.74, 6) is 1.56. The van der Waals surface area contributed by atoms with Crippen LogP contribution in [0.1, 0.15) is 51.7 Å². The predicted octanol–water partition coefficient (Wildman–Crippen LogP) is 3.50. The molecule has 0 bridgehead atoms. The summed E-state index contributed by atoms with van der Waals surface area (Å²) in [4.78, 5) is 4.72. The number of hydrogen-bond acceptors (Lipinski definition) is 4. The molecular weight excluding hydrogens is 469 g/mol. The van der Waals surface area contributed by atoms with Gasteiger partial charge in [-0.1, -0.05) is 12.1 Å². The zero-order valence-electron chi connectivity index (χ0n) is 17.5. The first kappa shape index (κ1) is 25.0. The van der Waals surface area contributed by atoms with E-state index in [4.69, 9.17) is 14.5 Å². The number of ether oxygens (including phenoxy) is 2. The Morgan fingerprint density at radius 3 is 2.43 bits per heavy atom. The number of rotatable bonds is 11. The van der Waals surface area contributed by atoms with Crippen LogP contribution in [0.25, 0.3) is 0 Å². The molecule has 1 aliphatic rings. The first-order valence-corrected chi connectivity index (χ1v) is 9.94. The van der Waals surface area contributed by atoms with Crippen molar-refractivity contribution in [3.8, 4) is 5.75 Å². The molecule has 1 fully saturated rings. The van der Waals surface area contributed by atoms with Crippen LogP contribution >= 0.6 is 24.0 Å². The van der Waals surface area contributed by atoms with Crippen LogP contribution in [0.5, 0.6) is 5.75 Å². The van der Waals surface area contributed by atoms with Gasteiger partial charge >= 0.3 is 0 Å². The molecule has 0 heterocycles. The van der Waals surface area contributed by atoms with Crippen LogP contribution in [0.15, 0.2) is 29.3 Å². The van der Waals surface area contributed by atoms with Crippen molar-refractivity contribution in [1.29, 1.82) is 0 Å². The Morgan fingerprint density at radius 2 is 1.89 bits per heavy atom. The minimum atomic E-state index is -0.606. The van der Waals surface area contributed by atoms with Crippen LogP contribution in [0.2, 0.25) is 0 Å². The largest absolute Gasteiger partial charge is 0.491 e. The molecule has 160 valence electrons. The third-order valence-corrected chi connectivity index (χ3v) is 4.81. The van der Waals surface area contributed by atoms with Gasteiger partial charge < -0.3 is 25.2 Å². The summed E-state index contributed by atoms with van der Waals surface area (Å²) in [5.41, 5.74) is 1.16. The average Bonchev–Trinajstić information content (AvgIpc) is 3.42. The van der Waals surface area contributed by atoms with Crippen molar-refractivity contribution in [3.05, 3.63) is 29.8 Å². The number of nitrogens with zero attached hydrogens (tertiary/aromatic N) is 1. The van der Waals surface area contributed by atoms with Crippen molar-refractivity contribution in [2.45, 2.75) is 52.2 Å². The van der Waals surface area contributed by atoms with Crippen molar-refractivity contribution in [3.63, 3.8) is 0 Å². The van der Waals surface area contributed by atoms with Gasteiger partial charge in [-0.25, -0.2) is 0 Å². The summed E-state index contributed by atoms with van der Waals surface area (Å²) in [6.45, 7) is 8.80. The molecule has 1 atom stereocenters. The number of aliphatic imine (C=N–C) groups is 1. The average molecular weight is 505 g/mol. The van der Waals surface area contributed by atoms with Crippen LogP contribution in [0.4, 0.5) is 0 Å². The normalized spacial score (nSPS) is 16.3. The second-order valence-electron chi connectivity index (χ2n) is 7.57. The fourth-order valence-corrected chi connectivity index (χ4v) is 2.92. The highest BCUT2D eigenvalue weighted by Gasteiger charge is 2.41. The highest BCUT2D eigenvalue weighted by Crippen LogP contribution is 2.48. The summed E-state index contributed by atoms with van der Waals surface area (Å²) in [7, 11) is 1.74. The van der Waals surface area contributed by atoms with E-state index in [0.29, 0.717) is 12.0 Å². The van der Waals surface area contributed by atoms with E-state index in [9.17, 15) is 5.11 Å². The molecule has 0 spiro atoms. The Morgan fingerprint density at radius 1 is 1.21 bits per heavy atom. The van der Waals surface area contributed by atoms with Crippen molar-refractivity contribution in [2.75, 3.05) is 33.4 Å². The van der Waals surface area contributed by atoms with Gasteiger partial charge in [0.05, 0.1) is 12.2 Å². The van der Waals surface area contributed by atoms with E-state index in [1.165, 1.54) is 12.8 Å². The summed E-state index contributed by atoms with van der Waals surface area (Å²) in [6.07, 6.45) is 3.02. The van der Waals surface area contributed by atoms with Crippen LogP contribution < -0.4 is 15.4 Å². The number of nitrogens with one attached hydrogen (secondary N) is 2. The summed E-state index contributed by atoms with van der Waals surface area (Å²) >= 11 is 0. The Balaban J connectivity index is 0.00000392.